The standard InChI is InChI=1S/C20H38/c1-7-9-15-19(8-2)16-13-11-10-12-14-18(3)17-20(4,5)6/h7,12,14,18-19H,1,8-11,13,15-17H2,2-6H3. The highest BCUT2D eigenvalue weighted by Gasteiger charge is 2.12. The van der Waals surface area contributed by atoms with Crippen LogP contribution in [0.15, 0.2) is 24.8 Å². The van der Waals surface area contributed by atoms with Crippen molar-refractivity contribution in [3.63, 3.8) is 0 Å². The minimum Gasteiger partial charge on any atom is -0.103 e. The van der Waals surface area contributed by atoms with Crippen LogP contribution in [0, 0.1) is 17.3 Å². The first-order chi connectivity index (χ1) is 9.39. The second-order valence-corrected chi connectivity index (χ2v) is 7.59. The molecule has 0 aliphatic carbocycles. The fourth-order valence-electron chi connectivity index (χ4n) is 2.96. The predicted molar refractivity (Wildman–Crippen MR) is 94.1 cm³/mol. The molecule has 0 bridgehead atoms. The van der Waals surface area contributed by atoms with Gasteiger partial charge in [0.1, 0.15) is 0 Å². The molecular weight excluding hydrogens is 240 g/mol. The lowest BCUT2D eigenvalue weighted by molar-refractivity contribution is 0.336. The first-order valence-corrected chi connectivity index (χ1v) is 8.66. The van der Waals surface area contributed by atoms with Crippen LogP contribution in [0.5, 0.6) is 0 Å². The van der Waals surface area contributed by atoms with Crippen LogP contribution in [0.1, 0.15) is 86.0 Å². The zero-order valence-electron chi connectivity index (χ0n) is 14.8. The van der Waals surface area contributed by atoms with E-state index in [0.717, 1.165) is 5.92 Å². The molecule has 0 nitrogen and oxygen atoms in total. The Balaban J connectivity index is 3.67. The van der Waals surface area contributed by atoms with E-state index in [1.807, 2.05) is 0 Å². The molecule has 20 heavy (non-hydrogen) atoms. The van der Waals surface area contributed by atoms with Gasteiger partial charge in [-0.05, 0) is 49.4 Å². The third kappa shape index (κ3) is 12.5. The van der Waals surface area contributed by atoms with Crippen LogP contribution in [0.4, 0.5) is 0 Å². The molecule has 0 heteroatoms. The van der Waals surface area contributed by atoms with Gasteiger partial charge in [0.15, 0.2) is 0 Å². The molecule has 0 aliphatic rings. The molecule has 0 saturated heterocycles. The van der Waals surface area contributed by atoms with Crippen LogP contribution in [0.2, 0.25) is 0 Å². The van der Waals surface area contributed by atoms with Gasteiger partial charge in [-0.15, -0.1) is 6.58 Å². The van der Waals surface area contributed by atoms with Crippen molar-refractivity contribution in [1.29, 1.82) is 0 Å². The van der Waals surface area contributed by atoms with E-state index in [1.165, 1.54) is 51.4 Å². The number of allylic oxidation sites excluding steroid dienone is 3. The maximum atomic E-state index is 3.82. The Labute approximate surface area is 128 Å². The van der Waals surface area contributed by atoms with E-state index < -0.39 is 0 Å². The summed E-state index contributed by atoms with van der Waals surface area (Å²) in [6.45, 7) is 15.5. The first-order valence-electron chi connectivity index (χ1n) is 8.66. The van der Waals surface area contributed by atoms with Gasteiger partial charge in [-0.25, -0.2) is 0 Å². The van der Waals surface area contributed by atoms with Crippen LogP contribution in [-0.2, 0) is 0 Å². The number of unbranched alkanes of at least 4 members (excludes halogenated alkanes) is 2. The number of hydrogen-bond donors (Lipinski definition) is 0. The van der Waals surface area contributed by atoms with Gasteiger partial charge in [0.25, 0.3) is 0 Å². The molecule has 0 aromatic carbocycles. The largest absolute Gasteiger partial charge is 0.103 e. The second kappa shape index (κ2) is 11.2. The monoisotopic (exact) mass is 278 g/mol. The van der Waals surface area contributed by atoms with Crippen molar-refractivity contribution in [3.05, 3.63) is 24.8 Å². The molecule has 0 spiro atoms. The molecule has 118 valence electrons. The summed E-state index contributed by atoms with van der Waals surface area (Å²) < 4.78 is 0. The van der Waals surface area contributed by atoms with Gasteiger partial charge in [0.05, 0.1) is 0 Å². The Morgan fingerprint density at radius 1 is 1.05 bits per heavy atom. The topological polar surface area (TPSA) is 0 Å². The zero-order chi connectivity index (χ0) is 15.4. The van der Waals surface area contributed by atoms with Crippen molar-refractivity contribution >= 4 is 0 Å². The highest BCUT2D eigenvalue weighted by molar-refractivity contribution is 4.88. The van der Waals surface area contributed by atoms with E-state index in [-0.39, 0.29) is 0 Å². The summed E-state index contributed by atoms with van der Waals surface area (Å²) in [4.78, 5) is 0. The summed E-state index contributed by atoms with van der Waals surface area (Å²) in [7, 11) is 0. The zero-order valence-corrected chi connectivity index (χ0v) is 14.8. The molecule has 0 aromatic heterocycles. The molecule has 0 rings (SSSR count). The SMILES string of the molecule is C=CCCC(CC)CCCCC=CC(C)CC(C)(C)C. The Kier molecular flexibility index (Phi) is 10.9. The van der Waals surface area contributed by atoms with Gasteiger partial charge in [-0.1, -0.05) is 72.1 Å². The fraction of sp³-hybridized carbons (Fsp3) is 0.800. The van der Waals surface area contributed by atoms with Crippen molar-refractivity contribution in [1.82, 2.24) is 0 Å². The van der Waals surface area contributed by atoms with Crippen LogP contribution in [0.25, 0.3) is 0 Å². The normalized spacial score (nSPS) is 15.4. The molecule has 0 amide bonds. The molecule has 0 radical (unpaired) electrons. The van der Waals surface area contributed by atoms with E-state index >= 15 is 0 Å². The molecule has 0 fully saturated rings. The van der Waals surface area contributed by atoms with Crippen LogP contribution < -0.4 is 0 Å². The van der Waals surface area contributed by atoms with E-state index in [4.69, 9.17) is 0 Å². The van der Waals surface area contributed by atoms with E-state index in [9.17, 15) is 0 Å². The van der Waals surface area contributed by atoms with Gasteiger partial charge in [-0.3, -0.25) is 0 Å². The van der Waals surface area contributed by atoms with Crippen molar-refractivity contribution < 1.29 is 0 Å². The average molecular weight is 279 g/mol. The summed E-state index contributed by atoms with van der Waals surface area (Å²) in [5.74, 6) is 1.63. The summed E-state index contributed by atoms with van der Waals surface area (Å²) in [6, 6.07) is 0. The van der Waals surface area contributed by atoms with Crippen LogP contribution in [0.3, 0.4) is 0 Å². The molecular formula is C20H38. The minimum absolute atomic E-state index is 0.448. The molecule has 0 aromatic rings. The van der Waals surface area contributed by atoms with Crippen LogP contribution >= 0.6 is 0 Å². The lowest BCUT2D eigenvalue weighted by atomic mass is 9.85. The number of hydrogen-bond acceptors (Lipinski definition) is 0. The first kappa shape index (κ1) is 19.5. The summed E-state index contributed by atoms with van der Waals surface area (Å²) in [6.07, 6.45) is 17.4. The molecule has 2 atom stereocenters. The smallest absolute Gasteiger partial charge is 0.0257 e. The maximum absolute atomic E-state index is 3.82. The lowest BCUT2D eigenvalue weighted by Gasteiger charge is -2.21. The van der Waals surface area contributed by atoms with Gasteiger partial charge in [0.2, 0.25) is 0 Å². The fourth-order valence-corrected chi connectivity index (χ4v) is 2.96. The molecule has 0 aliphatic heterocycles. The van der Waals surface area contributed by atoms with Gasteiger partial charge < -0.3 is 0 Å². The third-order valence-electron chi connectivity index (χ3n) is 3.99. The maximum Gasteiger partial charge on any atom is -0.0257 e. The molecule has 0 saturated carbocycles. The summed E-state index contributed by atoms with van der Waals surface area (Å²) in [5, 5.41) is 0. The van der Waals surface area contributed by atoms with Gasteiger partial charge >= 0.3 is 0 Å². The quantitative estimate of drug-likeness (QED) is 0.277. The van der Waals surface area contributed by atoms with Gasteiger partial charge in [-0.2, -0.15) is 0 Å². The van der Waals surface area contributed by atoms with Crippen molar-refractivity contribution in [2.24, 2.45) is 17.3 Å². The van der Waals surface area contributed by atoms with Crippen molar-refractivity contribution in [2.45, 2.75) is 86.0 Å². The predicted octanol–water partition coefficient (Wildman–Crippen LogP) is 7.17. The van der Waals surface area contributed by atoms with E-state index in [0.29, 0.717) is 11.3 Å². The average Bonchev–Trinajstić information content (AvgIpc) is 2.35. The lowest BCUT2D eigenvalue weighted by Crippen LogP contribution is -2.09. The third-order valence-corrected chi connectivity index (χ3v) is 3.99. The highest BCUT2D eigenvalue weighted by atomic mass is 14.2. The van der Waals surface area contributed by atoms with Crippen molar-refractivity contribution in [3.8, 4) is 0 Å². The molecule has 0 N–H and O–H groups in total. The minimum atomic E-state index is 0.448. The highest BCUT2D eigenvalue weighted by Crippen LogP contribution is 2.25. The Hall–Kier alpha value is -0.520. The van der Waals surface area contributed by atoms with E-state index in [1.54, 1.807) is 0 Å². The second-order valence-electron chi connectivity index (χ2n) is 7.59. The molecule has 2 unspecified atom stereocenters. The number of rotatable bonds is 11. The van der Waals surface area contributed by atoms with E-state index in [2.05, 4.69) is 59.4 Å². The van der Waals surface area contributed by atoms with Gasteiger partial charge in [0, 0.05) is 0 Å². The Bertz CT molecular complexity index is 254. The summed E-state index contributed by atoms with van der Waals surface area (Å²) >= 11 is 0. The summed E-state index contributed by atoms with van der Waals surface area (Å²) in [5.41, 5.74) is 0.448. The van der Waals surface area contributed by atoms with Crippen molar-refractivity contribution in [2.75, 3.05) is 0 Å². The van der Waals surface area contributed by atoms with Crippen LogP contribution in [-0.4, -0.2) is 0 Å². The Morgan fingerprint density at radius 3 is 2.30 bits per heavy atom. The molecule has 0 heterocycles. The Morgan fingerprint density at radius 2 is 1.75 bits per heavy atom.